The van der Waals surface area contributed by atoms with Gasteiger partial charge in [0.1, 0.15) is 6.61 Å². The Morgan fingerprint density at radius 1 is 1.30 bits per heavy atom. The van der Waals surface area contributed by atoms with Crippen LogP contribution in [0.2, 0.25) is 10.0 Å². The molecule has 1 aromatic carbocycles. The van der Waals surface area contributed by atoms with Crippen molar-refractivity contribution in [2.24, 2.45) is 7.05 Å². The first-order chi connectivity index (χ1) is 14.4. The molecule has 1 atom stereocenters. The maximum absolute atomic E-state index is 12.3. The summed E-state index contributed by atoms with van der Waals surface area (Å²) in [6.07, 6.45) is 1.06. The molecule has 0 aliphatic carbocycles. The van der Waals surface area contributed by atoms with Gasteiger partial charge in [0.25, 0.3) is 0 Å². The van der Waals surface area contributed by atoms with E-state index in [0.717, 1.165) is 0 Å². The molecule has 3 heterocycles. The number of hydrogen-bond donors (Lipinski definition) is 1. The summed E-state index contributed by atoms with van der Waals surface area (Å²) in [5.74, 6) is 2.09. The lowest BCUT2D eigenvalue weighted by molar-refractivity contribution is -0.113. The van der Waals surface area contributed by atoms with E-state index in [-0.39, 0.29) is 23.6 Å². The van der Waals surface area contributed by atoms with Crippen LogP contribution >= 0.6 is 35.0 Å². The first-order valence-electron chi connectivity index (χ1n) is 8.95. The zero-order valence-electron chi connectivity index (χ0n) is 16.1. The molecule has 0 fully saturated rings. The Labute approximate surface area is 186 Å². The second kappa shape index (κ2) is 8.71. The number of halogens is 2. The molecule has 0 spiro atoms. The molecule has 2 aromatic heterocycles. The van der Waals surface area contributed by atoms with E-state index in [9.17, 15) is 4.79 Å². The fourth-order valence-corrected chi connectivity index (χ4v) is 3.93. The summed E-state index contributed by atoms with van der Waals surface area (Å²) >= 11 is 13.4. The van der Waals surface area contributed by atoms with E-state index in [1.807, 2.05) is 31.3 Å². The van der Waals surface area contributed by atoms with Crippen molar-refractivity contribution < 1.29 is 14.3 Å². The smallest absolute Gasteiger partial charge is 0.236 e. The fourth-order valence-electron chi connectivity index (χ4n) is 2.82. The minimum absolute atomic E-state index is 0.108. The highest BCUT2D eigenvalue weighted by atomic mass is 35.5. The first-order valence-corrected chi connectivity index (χ1v) is 10.7. The fraction of sp³-hybridized carbons (Fsp3) is 0.263. The molecule has 30 heavy (non-hydrogen) atoms. The van der Waals surface area contributed by atoms with Gasteiger partial charge in [-0.15, -0.1) is 10.2 Å². The van der Waals surface area contributed by atoms with Crippen molar-refractivity contribution in [1.29, 1.82) is 0 Å². The van der Waals surface area contributed by atoms with E-state index in [4.69, 9.17) is 32.7 Å². The van der Waals surface area contributed by atoms with Crippen LogP contribution in [0.4, 0.5) is 5.82 Å². The van der Waals surface area contributed by atoms with Gasteiger partial charge in [-0.1, -0.05) is 47.1 Å². The van der Waals surface area contributed by atoms with Crippen LogP contribution in [0.3, 0.4) is 0 Å². The second-order valence-corrected chi connectivity index (χ2v) is 8.22. The van der Waals surface area contributed by atoms with E-state index in [0.29, 0.717) is 44.7 Å². The Hall–Kier alpha value is -2.49. The van der Waals surface area contributed by atoms with E-state index in [2.05, 4.69) is 20.5 Å². The highest BCUT2D eigenvalue weighted by molar-refractivity contribution is 7.99. The number of carbonyl (C=O) groups is 1. The molecule has 1 aliphatic heterocycles. The van der Waals surface area contributed by atoms with Crippen LogP contribution in [0, 0.1) is 6.92 Å². The van der Waals surface area contributed by atoms with Gasteiger partial charge in [-0.3, -0.25) is 4.79 Å². The molecular weight excluding hydrogens is 449 g/mol. The molecular formula is C19H17Cl2N5O3S. The number of thioether (sulfide) groups is 1. The average Bonchev–Trinajstić information content (AvgIpc) is 3.12. The molecule has 0 saturated carbocycles. The minimum atomic E-state index is -0.388. The third-order valence-corrected chi connectivity index (χ3v) is 6.32. The quantitative estimate of drug-likeness (QED) is 0.567. The Balaban J connectivity index is 1.39. The lowest BCUT2D eigenvalue weighted by atomic mass is 10.2. The summed E-state index contributed by atoms with van der Waals surface area (Å²) in [5, 5.41) is 12.4. The van der Waals surface area contributed by atoms with E-state index < -0.39 is 0 Å². The second-order valence-electron chi connectivity index (χ2n) is 6.49. The summed E-state index contributed by atoms with van der Waals surface area (Å²) in [7, 11) is 1.82. The SMILES string of the molecule is Cc1c(Cl)cnc(NC(=O)CSc2nnc([C@@H]3COc4ccccc4O3)n2C)c1Cl. The van der Waals surface area contributed by atoms with Gasteiger partial charge in [-0.25, -0.2) is 4.98 Å². The van der Waals surface area contributed by atoms with Crippen LogP contribution in [-0.4, -0.2) is 38.0 Å². The zero-order chi connectivity index (χ0) is 21.3. The van der Waals surface area contributed by atoms with Crippen LogP contribution in [0.25, 0.3) is 0 Å². The van der Waals surface area contributed by atoms with Crippen LogP contribution in [-0.2, 0) is 11.8 Å². The van der Waals surface area contributed by atoms with Crippen LogP contribution in [0.1, 0.15) is 17.5 Å². The largest absolute Gasteiger partial charge is 0.485 e. The lowest BCUT2D eigenvalue weighted by Crippen LogP contribution is -2.24. The lowest BCUT2D eigenvalue weighted by Gasteiger charge is -2.25. The predicted octanol–water partition coefficient (Wildman–Crippen LogP) is 4.07. The summed E-state index contributed by atoms with van der Waals surface area (Å²) in [6, 6.07) is 7.46. The molecule has 4 rings (SSSR count). The normalized spacial score (nSPS) is 15.1. The van der Waals surface area contributed by atoms with Crippen molar-refractivity contribution in [2.75, 3.05) is 17.7 Å². The van der Waals surface area contributed by atoms with E-state index in [1.54, 1.807) is 11.5 Å². The molecule has 156 valence electrons. The van der Waals surface area contributed by atoms with Gasteiger partial charge in [-0.2, -0.15) is 0 Å². The molecule has 0 bridgehead atoms. The Morgan fingerprint density at radius 2 is 2.07 bits per heavy atom. The number of fused-ring (bicyclic) bond motifs is 1. The number of pyridine rings is 1. The number of anilines is 1. The van der Waals surface area contributed by atoms with E-state index >= 15 is 0 Å². The van der Waals surface area contributed by atoms with Crippen LogP contribution in [0.5, 0.6) is 11.5 Å². The molecule has 0 radical (unpaired) electrons. The molecule has 1 amide bonds. The van der Waals surface area contributed by atoms with Gasteiger partial charge in [-0.05, 0) is 24.6 Å². The number of nitrogens with zero attached hydrogens (tertiary/aromatic N) is 4. The highest BCUT2D eigenvalue weighted by Gasteiger charge is 2.27. The van der Waals surface area contributed by atoms with Gasteiger partial charge in [0.2, 0.25) is 5.91 Å². The molecule has 8 nitrogen and oxygen atoms in total. The summed E-state index contributed by atoms with van der Waals surface area (Å²) < 4.78 is 13.5. The highest BCUT2D eigenvalue weighted by Crippen LogP contribution is 2.36. The van der Waals surface area contributed by atoms with Gasteiger partial charge in [0.15, 0.2) is 34.4 Å². The summed E-state index contributed by atoms with van der Waals surface area (Å²) in [6.45, 7) is 2.08. The molecule has 1 N–H and O–H groups in total. The third-order valence-electron chi connectivity index (χ3n) is 4.46. The number of benzene rings is 1. The molecule has 0 unspecified atom stereocenters. The van der Waals surface area contributed by atoms with Crippen molar-refractivity contribution >= 4 is 46.7 Å². The molecule has 11 heteroatoms. The minimum Gasteiger partial charge on any atom is -0.485 e. The Kier molecular flexibility index (Phi) is 6.03. The third kappa shape index (κ3) is 4.19. The number of aromatic nitrogens is 4. The van der Waals surface area contributed by atoms with Gasteiger partial charge in [0.05, 0.1) is 15.8 Å². The van der Waals surface area contributed by atoms with E-state index in [1.165, 1.54) is 18.0 Å². The number of carbonyl (C=O) groups excluding carboxylic acids is 1. The van der Waals surface area contributed by atoms with Crippen molar-refractivity contribution in [3.8, 4) is 11.5 Å². The summed E-state index contributed by atoms with van der Waals surface area (Å²) in [4.78, 5) is 16.4. The standard InChI is InChI=1S/C19H17Cl2N5O3S/c1-10-11(20)7-22-17(16(10)21)23-15(27)9-30-19-25-24-18(26(19)2)14-8-28-12-5-3-4-6-13(12)29-14/h3-7,14H,8-9H2,1-2H3,(H,22,23,27)/t14-/m0/s1. The maximum atomic E-state index is 12.3. The number of hydrogen-bond acceptors (Lipinski definition) is 7. The van der Waals surface area contributed by atoms with Crippen molar-refractivity contribution in [2.45, 2.75) is 18.2 Å². The summed E-state index contributed by atoms with van der Waals surface area (Å²) in [5.41, 5.74) is 0.658. The van der Waals surface area contributed by atoms with Gasteiger partial charge >= 0.3 is 0 Å². The monoisotopic (exact) mass is 465 g/mol. The van der Waals surface area contributed by atoms with Crippen LogP contribution in [0.15, 0.2) is 35.6 Å². The predicted molar refractivity (Wildman–Crippen MR) is 115 cm³/mol. The number of para-hydroxylation sites is 2. The zero-order valence-corrected chi connectivity index (χ0v) is 18.4. The number of amides is 1. The number of nitrogens with one attached hydrogen (secondary N) is 1. The Morgan fingerprint density at radius 3 is 2.87 bits per heavy atom. The Bertz CT molecular complexity index is 1110. The molecule has 3 aromatic rings. The molecule has 1 aliphatic rings. The van der Waals surface area contributed by atoms with Crippen molar-refractivity contribution in [3.05, 3.63) is 51.9 Å². The average molecular weight is 466 g/mol. The molecule has 0 saturated heterocycles. The number of ether oxygens (including phenoxy) is 2. The van der Waals surface area contributed by atoms with Crippen LogP contribution < -0.4 is 14.8 Å². The number of rotatable bonds is 5. The van der Waals surface area contributed by atoms with Gasteiger partial charge in [0, 0.05) is 13.2 Å². The van der Waals surface area contributed by atoms with Gasteiger partial charge < -0.3 is 19.4 Å². The maximum Gasteiger partial charge on any atom is 0.236 e. The van der Waals surface area contributed by atoms with Crippen molar-refractivity contribution in [1.82, 2.24) is 19.7 Å². The topological polar surface area (TPSA) is 91.2 Å². The first kappa shape index (κ1) is 20.8. The van der Waals surface area contributed by atoms with Crippen molar-refractivity contribution in [3.63, 3.8) is 0 Å².